The molecule has 1 aliphatic heterocycles. The highest BCUT2D eigenvalue weighted by atomic mass is 16.5. The Bertz CT molecular complexity index is 224. The van der Waals surface area contributed by atoms with E-state index in [2.05, 4.69) is 30.3 Å². The van der Waals surface area contributed by atoms with Crippen LogP contribution in [0.2, 0.25) is 0 Å². The van der Waals surface area contributed by atoms with Gasteiger partial charge in [-0.1, -0.05) is 58.0 Å². The molecule has 0 aromatic heterocycles. The molecule has 0 N–H and O–H groups in total. The second-order valence-corrected chi connectivity index (χ2v) is 3.30. The molecule has 1 aromatic rings. The largest absolute Gasteiger partial charge is 0.381 e. The SMILES string of the molecule is CC.CC.c1ccc(C2CCOCC2)cc1. The summed E-state index contributed by atoms with van der Waals surface area (Å²) in [5, 5.41) is 0. The summed E-state index contributed by atoms with van der Waals surface area (Å²) < 4.78 is 5.32. The average molecular weight is 222 g/mol. The first kappa shape index (κ1) is 15.2. The van der Waals surface area contributed by atoms with Crippen molar-refractivity contribution in [3.63, 3.8) is 0 Å². The van der Waals surface area contributed by atoms with Gasteiger partial charge < -0.3 is 4.74 Å². The van der Waals surface area contributed by atoms with Crippen LogP contribution in [-0.4, -0.2) is 13.2 Å². The first-order chi connectivity index (χ1) is 7.97. The van der Waals surface area contributed by atoms with Gasteiger partial charge in [-0.05, 0) is 24.3 Å². The van der Waals surface area contributed by atoms with Gasteiger partial charge in [0.25, 0.3) is 0 Å². The Balaban J connectivity index is 0.000000509. The highest BCUT2D eigenvalue weighted by Crippen LogP contribution is 2.25. The minimum absolute atomic E-state index is 0.736. The molecule has 1 heterocycles. The first-order valence-electron chi connectivity index (χ1n) is 6.59. The van der Waals surface area contributed by atoms with E-state index in [9.17, 15) is 0 Å². The van der Waals surface area contributed by atoms with Crippen LogP contribution in [0, 0.1) is 0 Å². The lowest BCUT2D eigenvalue weighted by atomic mass is 9.92. The van der Waals surface area contributed by atoms with Gasteiger partial charge in [0, 0.05) is 13.2 Å². The predicted molar refractivity (Wildman–Crippen MR) is 71.9 cm³/mol. The monoisotopic (exact) mass is 222 g/mol. The minimum Gasteiger partial charge on any atom is -0.381 e. The highest BCUT2D eigenvalue weighted by molar-refractivity contribution is 5.19. The van der Waals surface area contributed by atoms with Crippen molar-refractivity contribution < 1.29 is 4.74 Å². The van der Waals surface area contributed by atoms with E-state index in [0.717, 1.165) is 19.1 Å². The molecule has 16 heavy (non-hydrogen) atoms. The van der Waals surface area contributed by atoms with Crippen molar-refractivity contribution in [1.29, 1.82) is 0 Å². The second kappa shape index (κ2) is 10.7. The van der Waals surface area contributed by atoms with Gasteiger partial charge in [-0.3, -0.25) is 0 Å². The van der Waals surface area contributed by atoms with Crippen LogP contribution in [0.4, 0.5) is 0 Å². The fourth-order valence-corrected chi connectivity index (χ4v) is 1.76. The van der Waals surface area contributed by atoms with Gasteiger partial charge in [-0.15, -0.1) is 0 Å². The zero-order chi connectivity index (χ0) is 12.2. The normalized spacial score (nSPS) is 15.2. The molecule has 0 unspecified atom stereocenters. The quantitative estimate of drug-likeness (QED) is 0.673. The summed E-state index contributed by atoms with van der Waals surface area (Å²) in [6.07, 6.45) is 2.37. The van der Waals surface area contributed by atoms with Gasteiger partial charge in [0.1, 0.15) is 0 Å². The lowest BCUT2D eigenvalue weighted by Gasteiger charge is -2.22. The van der Waals surface area contributed by atoms with Crippen molar-refractivity contribution in [1.82, 2.24) is 0 Å². The van der Waals surface area contributed by atoms with E-state index < -0.39 is 0 Å². The highest BCUT2D eigenvalue weighted by Gasteiger charge is 2.14. The third-order valence-corrected chi connectivity index (χ3v) is 2.49. The molecular weight excluding hydrogens is 196 g/mol. The van der Waals surface area contributed by atoms with Crippen molar-refractivity contribution in [3.8, 4) is 0 Å². The molecule has 92 valence electrons. The van der Waals surface area contributed by atoms with Crippen LogP contribution >= 0.6 is 0 Å². The lowest BCUT2D eigenvalue weighted by molar-refractivity contribution is 0.0853. The second-order valence-electron chi connectivity index (χ2n) is 3.30. The van der Waals surface area contributed by atoms with Crippen LogP contribution in [-0.2, 0) is 4.74 Å². The van der Waals surface area contributed by atoms with Crippen molar-refractivity contribution in [2.45, 2.75) is 46.5 Å². The molecule has 1 aromatic carbocycles. The molecule has 1 nitrogen and oxygen atoms in total. The van der Waals surface area contributed by atoms with Crippen molar-refractivity contribution in [2.75, 3.05) is 13.2 Å². The summed E-state index contributed by atoms with van der Waals surface area (Å²) in [4.78, 5) is 0. The fourth-order valence-electron chi connectivity index (χ4n) is 1.76. The number of hydrogen-bond donors (Lipinski definition) is 0. The Kier molecular flexibility index (Phi) is 10.1. The average Bonchev–Trinajstić information content (AvgIpc) is 2.45. The van der Waals surface area contributed by atoms with E-state index in [1.54, 1.807) is 0 Å². The molecule has 1 fully saturated rings. The maximum absolute atomic E-state index is 5.32. The maximum Gasteiger partial charge on any atom is 0.0471 e. The van der Waals surface area contributed by atoms with E-state index >= 15 is 0 Å². The van der Waals surface area contributed by atoms with Crippen LogP contribution < -0.4 is 0 Å². The fraction of sp³-hybridized carbons (Fsp3) is 0.600. The van der Waals surface area contributed by atoms with Gasteiger partial charge in [0.2, 0.25) is 0 Å². The summed E-state index contributed by atoms with van der Waals surface area (Å²) >= 11 is 0. The molecule has 0 amide bonds. The van der Waals surface area contributed by atoms with Gasteiger partial charge in [0.05, 0.1) is 0 Å². The van der Waals surface area contributed by atoms with E-state index in [1.165, 1.54) is 18.4 Å². The third kappa shape index (κ3) is 5.32. The summed E-state index contributed by atoms with van der Waals surface area (Å²) in [7, 11) is 0. The Hall–Kier alpha value is -0.820. The molecular formula is C15H26O. The van der Waals surface area contributed by atoms with Crippen LogP contribution in [0.5, 0.6) is 0 Å². The minimum atomic E-state index is 0.736. The topological polar surface area (TPSA) is 9.23 Å². The zero-order valence-corrected chi connectivity index (χ0v) is 11.2. The van der Waals surface area contributed by atoms with E-state index in [0.29, 0.717) is 0 Å². The molecule has 2 rings (SSSR count). The lowest BCUT2D eigenvalue weighted by Crippen LogP contribution is -2.13. The molecule has 0 spiro atoms. The number of hydrogen-bond acceptors (Lipinski definition) is 1. The summed E-state index contributed by atoms with van der Waals surface area (Å²) in [5.74, 6) is 0.736. The Morgan fingerprint density at radius 2 is 1.38 bits per heavy atom. The third-order valence-electron chi connectivity index (χ3n) is 2.49. The van der Waals surface area contributed by atoms with E-state index in [-0.39, 0.29) is 0 Å². The van der Waals surface area contributed by atoms with Gasteiger partial charge in [-0.25, -0.2) is 0 Å². The smallest absolute Gasteiger partial charge is 0.0471 e. The predicted octanol–water partition coefficient (Wildman–Crippen LogP) is 4.63. The van der Waals surface area contributed by atoms with Crippen LogP contribution in [0.25, 0.3) is 0 Å². The molecule has 0 atom stereocenters. The van der Waals surface area contributed by atoms with Crippen LogP contribution in [0.1, 0.15) is 52.0 Å². The summed E-state index contributed by atoms with van der Waals surface area (Å²) in [5.41, 5.74) is 1.47. The van der Waals surface area contributed by atoms with Crippen LogP contribution in [0.3, 0.4) is 0 Å². The molecule has 0 aliphatic carbocycles. The van der Waals surface area contributed by atoms with Crippen molar-refractivity contribution in [3.05, 3.63) is 35.9 Å². The number of benzene rings is 1. The molecule has 1 aliphatic rings. The molecule has 1 saturated heterocycles. The standard InChI is InChI=1S/C11H14O.2C2H6/c1-2-4-10(5-3-1)11-6-8-12-9-7-11;2*1-2/h1-5,11H,6-9H2;2*1-2H3. The molecule has 0 radical (unpaired) electrons. The molecule has 0 bridgehead atoms. The summed E-state index contributed by atoms with van der Waals surface area (Å²) in [6, 6.07) is 10.7. The van der Waals surface area contributed by atoms with Crippen molar-refractivity contribution >= 4 is 0 Å². The van der Waals surface area contributed by atoms with Gasteiger partial charge >= 0.3 is 0 Å². The molecule has 1 heteroatoms. The number of ether oxygens (including phenoxy) is 1. The van der Waals surface area contributed by atoms with E-state index in [1.807, 2.05) is 27.7 Å². The van der Waals surface area contributed by atoms with E-state index in [4.69, 9.17) is 4.74 Å². The Labute approximate surface area is 101 Å². The molecule has 0 saturated carbocycles. The van der Waals surface area contributed by atoms with Crippen molar-refractivity contribution in [2.24, 2.45) is 0 Å². The zero-order valence-electron chi connectivity index (χ0n) is 11.2. The van der Waals surface area contributed by atoms with Gasteiger partial charge in [0.15, 0.2) is 0 Å². The Morgan fingerprint density at radius 3 is 1.88 bits per heavy atom. The Morgan fingerprint density at radius 1 is 0.875 bits per heavy atom. The summed E-state index contributed by atoms with van der Waals surface area (Å²) in [6.45, 7) is 9.86. The first-order valence-corrected chi connectivity index (χ1v) is 6.59. The maximum atomic E-state index is 5.32. The van der Waals surface area contributed by atoms with Gasteiger partial charge in [-0.2, -0.15) is 0 Å². The number of rotatable bonds is 1. The van der Waals surface area contributed by atoms with Crippen LogP contribution in [0.15, 0.2) is 30.3 Å².